The van der Waals surface area contributed by atoms with Crippen LogP contribution in [0, 0.1) is 15.9 Å². The number of carbonyl (C=O) groups excluding carboxylic acids is 2. The predicted molar refractivity (Wildman–Crippen MR) is 122 cm³/mol. The molecule has 34 heavy (non-hydrogen) atoms. The number of nitrogens with zero attached hydrogens (tertiary/aromatic N) is 2. The molecule has 0 radical (unpaired) electrons. The van der Waals surface area contributed by atoms with Crippen molar-refractivity contribution in [1.29, 1.82) is 0 Å². The third kappa shape index (κ3) is 6.21. The summed E-state index contributed by atoms with van der Waals surface area (Å²) < 4.78 is 24.9. The monoisotopic (exact) mass is 473 g/mol. The minimum absolute atomic E-state index is 0.0116. The van der Waals surface area contributed by atoms with E-state index in [9.17, 15) is 24.1 Å². The third-order valence-electron chi connectivity index (χ3n) is 5.88. The van der Waals surface area contributed by atoms with Crippen molar-refractivity contribution in [2.24, 2.45) is 0 Å². The summed E-state index contributed by atoms with van der Waals surface area (Å²) in [7, 11) is 1.29. The molecule has 182 valence electrons. The van der Waals surface area contributed by atoms with Gasteiger partial charge in [0.25, 0.3) is 5.91 Å². The molecule has 9 nitrogen and oxygen atoms in total. The van der Waals surface area contributed by atoms with Gasteiger partial charge >= 0.3 is 5.69 Å². The number of hydrogen-bond acceptors (Lipinski definition) is 6. The van der Waals surface area contributed by atoms with Crippen LogP contribution in [0.4, 0.5) is 10.1 Å². The molecule has 0 saturated heterocycles. The van der Waals surface area contributed by atoms with Crippen molar-refractivity contribution < 1.29 is 28.4 Å². The molecule has 2 aromatic carbocycles. The van der Waals surface area contributed by atoms with Gasteiger partial charge in [-0.3, -0.25) is 19.7 Å². The Hall–Kier alpha value is -3.69. The van der Waals surface area contributed by atoms with E-state index in [0.29, 0.717) is 0 Å². The molecule has 10 heteroatoms. The number of ether oxygens (including phenoxy) is 2. The first-order valence-electron chi connectivity index (χ1n) is 11.1. The summed E-state index contributed by atoms with van der Waals surface area (Å²) >= 11 is 0. The van der Waals surface area contributed by atoms with Crippen molar-refractivity contribution in [2.75, 3.05) is 13.7 Å². The maximum Gasteiger partial charge on any atom is 0.311 e. The van der Waals surface area contributed by atoms with Crippen LogP contribution in [0.2, 0.25) is 0 Å². The summed E-state index contributed by atoms with van der Waals surface area (Å²) in [4.78, 5) is 37.7. The van der Waals surface area contributed by atoms with Crippen LogP contribution in [0.15, 0.2) is 42.5 Å². The van der Waals surface area contributed by atoms with E-state index in [1.165, 1.54) is 36.3 Å². The minimum Gasteiger partial charge on any atom is -0.490 e. The van der Waals surface area contributed by atoms with E-state index in [0.717, 1.165) is 25.7 Å². The van der Waals surface area contributed by atoms with Crippen LogP contribution >= 0.6 is 0 Å². The van der Waals surface area contributed by atoms with Gasteiger partial charge in [0, 0.05) is 30.3 Å². The molecular formula is C24H28FN3O6. The first-order valence-corrected chi connectivity index (χ1v) is 11.1. The summed E-state index contributed by atoms with van der Waals surface area (Å²) in [6.45, 7) is 1.03. The van der Waals surface area contributed by atoms with Gasteiger partial charge in [-0.1, -0.05) is 31.0 Å². The van der Waals surface area contributed by atoms with Gasteiger partial charge in [0.15, 0.2) is 6.61 Å². The second kappa shape index (κ2) is 11.4. The van der Waals surface area contributed by atoms with Crippen molar-refractivity contribution >= 4 is 17.5 Å². The maximum atomic E-state index is 14.3. The third-order valence-corrected chi connectivity index (χ3v) is 5.88. The molecule has 1 fully saturated rings. The Morgan fingerprint density at radius 3 is 2.59 bits per heavy atom. The molecule has 2 aromatic rings. The highest BCUT2D eigenvalue weighted by Gasteiger charge is 2.29. The molecule has 2 amide bonds. The number of methoxy groups -OCH3 is 1. The SMILES string of the molecule is COc1cc(OCC(=O)N(Cc2ccccc2F)[C@@H](C)C(=O)NC2CCCC2)ccc1[N+](=O)[O-]. The summed E-state index contributed by atoms with van der Waals surface area (Å²) in [6.07, 6.45) is 3.88. The molecule has 1 saturated carbocycles. The highest BCUT2D eigenvalue weighted by Crippen LogP contribution is 2.30. The minimum atomic E-state index is -0.859. The molecule has 0 aromatic heterocycles. The van der Waals surface area contributed by atoms with Crippen molar-refractivity contribution in [3.63, 3.8) is 0 Å². The summed E-state index contributed by atoms with van der Waals surface area (Å²) in [5.41, 5.74) is 0.0351. The lowest BCUT2D eigenvalue weighted by molar-refractivity contribution is -0.385. The van der Waals surface area contributed by atoms with E-state index in [4.69, 9.17) is 9.47 Å². The number of hydrogen-bond donors (Lipinski definition) is 1. The lowest BCUT2D eigenvalue weighted by Crippen LogP contribution is -2.50. The molecule has 1 aliphatic rings. The van der Waals surface area contributed by atoms with Crippen LogP contribution in [0.5, 0.6) is 11.5 Å². The molecule has 0 spiro atoms. The number of carbonyl (C=O) groups is 2. The average Bonchev–Trinajstić information content (AvgIpc) is 3.34. The second-order valence-corrected chi connectivity index (χ2v) is 8.16. The van der Waals surface area contributed by atoms with Crippen LogP contribution in [0.25, 0.3) is 0 Å². The molecule has 0 unspecified atom stereocenters. The van der Waals surface area contributed by atoms with Crippen LogP contribution in [0.1, 0.15) is 38.2 Å². The summed E-state index contributed by atoms with van der Waals surface area (Å²) in [5.74, 6) is -1.15. The summed E-state index contributed by atoms with van der Waals surface area (Å²) in [6, 6.07) is 9.14. The van der Waals surface area contributed by atoms with Gasteiger partial charge in [0.2, 0.25) is 11.7 Å². The molecule has 1 atom stereocenters. The Morgan fingerprint density at radius 2 is 1.94 bits per heavy atom. The van der Waals surface area contributed by atoms with Gasteiger partial charge in [0.05, 0.1) is 12.0 Å². The number of amides is 2. The quantitative estimate of drug-likeness (QED) is 0.417. The van der Waals surface area contributed by atoms with Gasteiger partial charge in [-0.2, -0.15) is 0 Å². The van der Waals surface area contributed by atoms with E-state index in [2.05, 4.69) is 5.32 Å². The fourth-order valence-electron chi connectivity index (χ4n) is 3.91. The highest BCUT2D eigenvalue weighted by molar-refractivity contribution is 5.88. The second-order valence-electron chi connectivity index (χ2n) is 8.16. The molecule has 1 N–H and O–H groups in total. The van der Waals surface area contributed by atoms with E-state index < -0.39 is 29.3 Å². The fourth-order valence-corrected chi connectivity index (χ4v) is 3.91. The number of benzene rings is 2. The lowest BCUT2D eigenvalue weighted by Gasteiger charge is -2.29. The van der Waals surface area contributed by atoms with E-state index in [-0.39, 0.29) is 41.2 Å². The number of halogens is 1. The van der Waals surface area contributed by atoms with Crippen molar-refractivity contribution in [1.82, 2.24) is 10.2 Å². The number of nitro benzene ring substituents is 1. The predicted octanol–water partition coefficient (Wildman–Crippen LogP) is 3.60. The molecule has 0 bridgehead atoms. The largest absolute Gasteiger partial charge is 0.490 e. The molecule has 0 heterocycles. The normalized spacial score (nSPS) is 14.3. The topological polar surface area (TPSA) is 111 Å². The van der Waals surface area contributed by atoms with Crippen LogP contribution in [-0.2, 0) is 16.1 Å². The van der Waals surface area contributed by atoms with Crippen molar-refractivity contribution in [2.45, 2.75) is 51.2 Å². The standard InChI is InChI=1S/C24H28FN3O6/c1-16(24(30)26-18-8-4-5-9-18)27(14-17-7-3-6-10-20(17)25)23(29)15-34-19-11-12-21(28(31)32)22(13-19)33-2/h3,6-7,10-13,16,18H,4-5,8-9,14-15H2,1-2H3,(H,26,30)/t16-/m0/s1. The fraction of sp³-hybridized carbons (Fsp3) is 0.417. The number of nitrogens with one attached hydrogen (secondary N) is 1. The highest BCUT2D eigenvalue weighted by atomic mass is 19.1. The smallest absolute Gasteiger partial charge is 0.311 e. The van der Waals surface area contributed by atoms with E-state index in [1.807, 2.05) is 0 Å². The Morgan fingerprint density at radius 1 is 1.24 bits per heavy atom. The van der Waals surface area contributed by atoms with E-state index in [1.54, 1.807) is 25.1 Å². The maximum absolute atomic E-state index is 14.3. The van der Waals surface area contributed by atoms with Gasteiger partial charge in [-0.15, -0.1) is 0 Å². The van der Waals surface area contributed by atoms with Crippen molar-refractivity contribution in [3.8, 4) is 11.5 Å². The Balaban J connectivity index is 1.75. The first kappa shape index (κ1) is 24.9. The zero-order chi connectivity index (χ0) is 24.7. The Labute approximate surface area is 197 Å². The molecular weight excluding hydrogens is 445 g/mol. The first-order chi connectivity index (χ1) is 16.3. The average molecular weight is 474 g/mol. The van der Waals surface area contributed by atoms with Gasteiger partial charge in [0.1, 0.15) is 17.6 Å². The Bertz CT molecular complexity index is 1040. The number of nitro groups is 1. The van der Waals surface area contributed by atoms with Gasteiger partial charge in [-0.05, 0) is 31.9 Å². The lowest BCUT2D eigenvalue weighted by atomic mass is 10.1. The number of rotatable bonds is 10. The summed E-state index contributed by atoms with van der Waals surface area (Å²) in [5, 5.41) is 14.0. The van der Waals surface area contributed by atoms with Crippen molar-refractivity contribution in [3.05, 3.63) is 64.0 Å². The molecule has 3 rings (SSSR count). The van der Waals surface area contributed by atoms with Crippen LogP contribution < -0.4 is 14.8 Å². The van der Waals surface area contributed by atoms with Crippen LogP contribution in [-0.4, -0.2) is 47.4 Å². The molecule has 0 aliphatic heterocycles. The van der Waals surface area contributed by atoms with E-state index >= 15 is 0 Å². The zero-order valence-corrected chi connectivity index (χ0v) is 19.2. The van der Waals surface area contributed by atoms with Gasteiger partial charge < -0.3 is 19.7 Å². The van der Waals surface area contributed by atoms with Crippen LogP contribution in [0.3, 0.4) is 0 Å². The molecule has 1 aliphatic carbocycles. The zero-order valence-electron chi connectivity index (χ0n) is 19.2. The van der Waals surface area contributed by atoms with Gasteiger partial charge in [-0.25, -0.2) is 4.39 Å². The Kier molecular flexibility index (Phi) is 8.39.